The summed E-state index contributed by atoms with van der Waals surface area (Å²) in [6.45, 7) is 0. The molecule has 0 unspecified atom stereocenters. The van der Waals surface area contributed by atoms with Crippen LogP contribution in [-0.4, -0.2) is 45.6 Å². The van der Waals surface area contributed by atoms with Crippen molar-refractivity contribution in [3.63, 3.8) is 0 Å². The fraction of sp³-hybridized carbons (Fsp3) is 0.333. The van der Waals surface area contributed by atoms with Gasteiger partial charge in [-0.15, -0.1) is 0 Å². The molecule has 14 heteroatoms. The molecular weight excluding hydrogens is 586 g/mol. The quantitative estimate of drug-likeness (QED) is 0.237. The van der Waals surface area contributed by atoms with Gasteiger partial charge in [0.2, 0.25) is 5.91 Å². The van der Waals surface area contributed by atoms with Crippen molar-refractivity contribution in [2.75, 3.05) is 9.80 Å². The number of benzene rings is 2. The van der Waals surface area contributed by atoms with Crippen LogP contribution in [0.5, 0.6) is 0 Å². The summed E-state index contributed by atoms with van der Waals surface area (Å²) in [5.41, 5.74) is -1.65. The molecule has 1 saturated heterocycles. The first kappa shape index (κ1) is 29.2. The Morgan fingerprint density at radius 1 is 1.05 bits per heavy atom. The number of nitro groups is 1. The van der Waals surface area contributed by atoms with E-state index in [0.29, 0.717) is 17.2 Å². The Kier molecular flexibility index (Phi) is 7.09. The standard InChI is InChI=1S/C30H25F4N5O5/c31-18-11-19(32)13-22(12-18)38(27(41)24-5-6-26(40)37(24)25-14-21(39(43)44)8-10-35-25)30(9-7-17-3-1-2-4-23(17)30)28(42)36-20-15-29(33,34)16-20/h1-4,8,10-14,20,24H,5-7,9,15-16H2,(H,36,42)/t24-,30+/m0/s1. The molecule has 1 N–H and O–H groups in total. The lowest BCUT2D eigenvalue weighted by molar-refractivity contribution is -0.384. The number of hydrogen-bond acceptors (Lipinski definition) is 6. The molecule has 6 rings (SSSR count). The third-order valence-corrected chi connectivity index (χ3v) is 8.41. The van der Waals surface area contributed by atoms with Crippen molar-refractivity contribution in [2.45, 2.75) is 62.1 Å². The molecule has 2 heterocycles. The number of hydrogen-bond donors (Lipinski definition) is 1. The van der Waals surface area contributed by atoms with E-state index in [1.54, 1.807) is 24.3 Å². The van der Waals surface area contributed by atoms with E-state index in [1.165, 1.54) is 0 Å². The number of nitrogens with zero attached hydrogens (tertiary/aromatic N) is 4. The second kappa shape index (κ2) is 10.7. The summed E-state index contributed by atoms with van der Waals surface area (Å²) in [5, 5.41) is 14.0. The predicted octanol–water partition coefficient (Wildman–Crippen LogP) is 4.55. The summed E-state index contributed by atoms with van der Waals surface area (Å²) in [7, 11) is 0. The van der Waals surface area contributed by atoms with Crippen LogP contribution in [0, 0.1) is 21.7 Å². The normalized spacial score (nSPS) is 22.3. The van der Waals surface area contributed by atoms with Crippen LogP contribution in [0.4, 0.5) is 34.8 Å². The summed E-state index contributed by atoms with van der Waals surface area (Å²) in [6, 6.07) is 8.88. The van der Waals surface area contributed by atoms with E-state index >= 15 is 0 Å². The zero-order valence-corrected chi connectivity index (χ0v) is 23.0. The summed E-state index contributed by atoms with van der Waals surface area (Å²) >= 11 is 0. The van der Waals surface area contributed by atoms with Crippen LogP contribution in [0.25, 0.3) is 0 Å². The fourth-order valence-corrected chi connectivity index (χ4v) is 6.44. The second-order valence-electron chi connectivity index (χ2n) is 11.2. The molecule has 228 valence electrons. The minimum absolute atomic E-state index is 0.0547. The molecule has 1 aliphatic heterocycles. The van der Waals surface area contributed by atoms with Crippen LogP contribution in [0.1, 0.15) is 43.2 Å². The number of anilines is 2. The molecule has 10 nitrogen and oxygen atoms in total. The summed E-state index contributed by atoms with van der Waals surface area (Å²) < 4.78 is 56.9. The van der Waals surface area contributed by atoms with E-state index in [-0.39, 0.29) is 42.9 Å². The smallest absolute Gasteiger partial charge is 0.274 e. The highest BCUT2D eigenvalue weighted by molar-refractivity contribution is 6.12. The van der Waals surface area contributed by atoms with Crippen molar-refractivity contribution >= 4 is 34.9 Å². The lowest BCUT2D eigenvalue weighted by Crippen LogP contribution is -2.64. The van der Waals surface area contributed by atoms with Crippen molar-refractivity contribution in [2.24, 2.45) is 0 Å². The Labute approximate surface area is 247 Å². The highest BCUT2D eigenvalue weighted by atomic mass is 19.3. The van der Waals surface area contributed by atoms with Gasteiger partial charge in [-0.3, -0.25) is 34.3 Å². The molecule has 2 aromatic carbocycles. The Balaban J connectivity index is 1.50. The molecule has 0 spiro atoms. The predicted molar refractivity (Wildman–Crippen MR) is 148 cm³/mol. The third kappa shape index (κ3) is 4.93. The van der Waals surface area contributed by atoms with Gasteiger partial charge in [0, 0.05) is 43.6 Å². The maximum Gasteiger partial charge on any atom is 0.274 e. The van der Waals surface area contributed by atoms with Crippen LogP contribution in [-0.2, 0) is 26.3 Å². The topological polar surface area (TPSA) is 126 Å². The number of nitrogens with one attached hydrogen (secondary N) is 1. The van der Waals surface area contributed by atoms with Crippen LogP contribution < -0.4 is 15.1 Å². The number of pyridine rings is 1. The molecule has 2 atom stereocenters. The van der Waals surface area contributed by atoms with Gasteiger partial charge in [-0.2, -0.15) is 0 Å². The number of halogens is 4. The van der Waals surface area contributed by atoms with Crippen LogP contribution in [0.2, 0.25) is 0 Å². The fourth-order valence-electron chi connectivity index (χ4n) is 6.44. The van der Waals surface area contributed by atoms with E-state index in [4.69, 9.17) is 0 Å². The average Bonchev–Trinajstić information content (AvgIpc) is 3.53. The number of aromatic nitrogens is 1. The molecule has 0 bridgehead atoms. The minimum atomic E-state index is -2.96. The van der Waals surface area contributed by atoms with Gasteiger partial charge >= 0.3 is 0 Å². The highest BCUT2D eigenvalue weighted by Crippen LogP contribution is 2.47. The number of carbonyl (C=O) groups excluding carboxylic acids is 3. The van der Waals surface area contributed by atoms with Gasteiger partial charge in [-0.05, 0) is 42.5 Å². The van der Waals surface area contributed by atoms with Crippen LogP contribution in [0.15, 0.2) is 60.8 Å². The number of amides is 3. The summed E-state index contributed by atoms with van der Waals surface area (Å²) in [6.07, 6.45) is -0.141. The monoisotopic (exact) mass is 611 g/mol. The number of fused-ring (bicyclic) bond motifs is 1. The first-order chi connectivity index (χ1) is 20.9. The van der Waals surface area contributed by atoms with Crippen molar-refractivity contribution < 1.29 is 36.9 Å². The van der Waals surface area contributed by atoms with Gasteiger partial charge in [0.15, 0.2) is 5.54 Å². The number of carbonyl (C=O) groups is 3. The summed E-state index contributed by atoms with van der Waals surface area (Å²) in [4.78, 5) is 58.8. The lowest BCUT2D eigenvalue weighted by Gasteiger charge is -2.45. The molecule has 44 heavy (non-hydrogen) atoms. The molecule has 3 aliphatic rings. The van der Waals surface area contributed by atoms with Crippen molar-refractivity contribution in [1.82, 2.24) is 10.3 Å². The molecule has 1 aromatic heterocycles. The number of rotatable bonds is 7. The summed E-state index contributed by atoms with van der Waals surface area (Å²) in [5.74, 6) is -7.53. The maximum atomic E-state index is 14.7. The van der Waals surface area contributed by atoms with Gasteiger partial charge in [-0.25, -0.2) is 22.5 Å². The third-order valence-electron chi connectivity index (χ3n) is 8.41. The van der Waals surface area contributed by atoms with Crippen molar-refractivity contribution in [1.29, 1.82) is 0 Å². The SMILES string of the molecule is O=C1CC[C@@H](C(=O)N(c2cc(F)cc(F)c2)[C@]2(C(=O)NC3CC(F)(F)C3)CCc3ccccc32)N1c1cc([N+](=O)[O-])ccn1. The van der Waals surface area contributed by atoms with E-state index in [1.807, 2.05) is 0 Å². The van der Waals surface area contributed by atoms with E-state index in [9.17, 15) is 42.1 Å². The van der Waals surface area contributed by atoms with Gasteiger partial charge in [0.05, 0.1) is 16.7 Å². The molecule has 3 aromatic rings. The Morgan fingerprint density at radius 3 is 2.43 bits per heavy atom. The zero-order chi connectivity index (χ0) is 31.4. The molecule has 0 radical (unpaired) electrons. The van der Waals surface area contributed by atoms with E-state index in [0.717, 1.165) is 40.3 Å². The van der Waals surface area contributed by atoms with Crippen molar-refractivity contribution in [3.05, 3.63) is 93.7 Å². The van der Waals surface area contributed by atoms with Gasteiger partial charge in [-0.1, -0.05) is 24.3 Å². The first-order valence-electron chi connectivity index (χ1n) is 13.9. The second-order valence-corrected chi connectivity index (χ2v) is 11.2. The van der Waals surface area contributed by atoms with Crippen LogP contribution in [0.3, 0.4) is 0 Å². The van der Waals surface area contributed by atoms with E-state index in [2.05, 4.69) is 10.3 Å². The Bertz CT molecular complexity index is 1680. The number of aryl methyl sites for hydroxylation is 1. The highest BCUT2D eigenvalue weighted by Gasteiger charge is 2.57. The molecule has 2 fully saturated rings. The lowest BCUT2D eigenvalue weighted by atomic mass is 9.83. The maximum absolute atomic E-state index is 14.7. The molecule has 2 aliphatic carbocycles. The average molecular weight is 612 g/mol. The first-order valence-corrected chi connectivity index (χ1v) is 13.9. The van der Waals surface area contributed by atoms with Gasteiger partial charge < -0.3 is 5.32 Å². The Morgan fingerprint density at radius 2 is 1.75 bits per heavy atom. The largest absolute Gasteiger partial charge is 0.351 e. The number of alkyl halides is 2. The van der Waals surface area contributed by atoms with E-state index < -0.39 is 70.7 Å². The van der Waals surface area contributed by atoms with Gasteiger partial charge in [0.1, 0.15) is 23.5 Å². The van der Waals surface area contributed by atoms with Crippen molar-refractivity contribution in [3.8, 4) is 0 Å². The molecule has 1 saturated carbocycles. The molecule has 3 amide bonds. The zero-order valence-electron chi connectivity index (χ0n) is 23.0. The van der Waals surface area contributed by atoms with Gasteiger partial charge in [0.25, 0.3) is 23.4 Å². The molecular formula is C30H25F4N5O5. The van der Waals surface area contributed by atoms with Crippen LogP contribution >= 0.6 is 0 Å². The Hall–Kier alpha value is -4.88. The minimum Gasteiger partial charge on any atom is -0.351 e.